The summed E-state index contributed by atoms with van der Waals surface area (Å²) in [4.78, 5) is 35.8. The van der Waals surface area contributed by atoms with E-state index in [0.717, 1.165) is 5.56 Å². The van der Waals surface area contributed by atoms with Crippen molar-refractivity contribution in [1.82, 2.24) is 10.6 Å². The molecule has 0 fully saturated rings. The summed E-state index contributed by atoms with van der Waals surface area (Å²) in [5, 5.41) is 14.3. The molecule has 0 heterocycles. The second kappa shape index (κ2) is 8.69. The van der Waals surface area contributed by atoms with Gasteiger partial charge in [0.1, 0.15) is 17.2 Å². The van der Waals surface area contributed by atoms with Crippen molar-refractivity contribution in [3.8, 4) is 0 Å². The zero-order chi connectivity index (χ0) is 20.0. The molecule has 0 aliphatic heterocycles. The molecule has 1 aromatic rings. The van der Waals surface area contributed by atoms with Crippen LogP contribution in [0.25, 0.3) is 0 Å². The van der Waals surface area contributed by atoms with E-state index in [-0.39, 0.29) is 6.42 Å². The molecular weight excluding hydrogens is 336 g/mol. The monoisotopic (exact) mass is 364 g/mol. The number of carboxylic acids is 1. The molecule has 0 aliphatic carbocycles. The molecule has 0 aromatic heterocycles. The maximum Gasteiger partial charge on any atom is 0.408 e. The molecule has 1 rings (SSSR count). The third-order valence-electron chi connectivity index (χ3n) is 3.55. The molecule has 1 unspecified atom stereocenters. The number of aliphatic carboxylic acids is 1. The molecule has 144 valence electrons. The highest BCUT2D eigenvalue weighted by Gasteiger charge is 2.34. The molecule has 0 radical (unpaired) electrons. The Morgan fingerprint density at radius 2 is 1.65 bits per heavy atom. The molecule has 0 aliphatic rings. The minimum absolute atomic E-state index is 0.244. The number of nitrogens with one attached hydrogen (secondary N) is 2. The smallest absolute Gasteiger partial charge is 0.408 e. The average Bonchev–Trinajstić information content (AvgIpc) is 2.49. The Morgan fingerprint density at radius 3 is 2.15 bits per heavy atom. The van der Waals surface area contributed by atoms with Crippen molar-refractivity contribution in [2.45, 2.75) is 64.6 Å². The number of hydrogen-bond acceptors (Lipinski definition) is 4. The summed E-state index contributed by atoms with van der Waals surface area (Å²) in [6, 6.07) is 8.37. The Kier molecular flexibility index (Phi) is 7.18. The summed E-state index contributed by atoms with van der Waals surface area (Å²) >= 11 is 0. The van der Waals surface area contributed by atoms with Crippen LogP contribution < -0.4 is 10.6 Å². The number of benzene rings is 1. The van der Waals surface area contributed by atoms with Crippen molar-refractivity contribution < 1.29 is 24.2 Å². The van der Waals surface area contributed by atoms with Crippen LogP contribution in [0.4, 0.5) is 4.79 Å². The highest BCUT2D eigenvalue weighted by molar-refractivity contribution is 5.92. The van der Waals surface area contributed by atoms with Crippen LogP contribution >= 0.6 is 0 Å². The van der Waals surface area contributed by atoms with Gasteiger partial charge >= 0.3 is 12.1 Å². The van der Waals surface area contributed by atoms with Crippen LogP contribution in [0.1, 0.15) is 46.6 Å². The average molecular weight is 364 g/mol. The number of hydrogen-bond donors (Lipinski definition) is 3. The lowest BCUT2D eigenvalue weighted by molar-refractivity contribution is -0.142. The van der Waals surface area contributed by atoms with Crippen LogP contribution in [0.2, 0.25) is 0 Å². The van der Waals surface area contributed by atoms with E-state index in [1.54, 1.807) is 20.8 Å². The highest BCUT2D eigenvalue weighted by Crippen LogP contribution is 2.11. The fourth-order valence-electron chi connectivity index (χ4n) is 2.17. The number of carbonyl (C=O) groups excluding carboxylic acids is 2. The molecule has 1 atom stereocenters. The van der Waals surface area contributed by atoms with Gasteiger partial charge in [0, 0.05) is 0 Å². The zero-order valence-corrected chi connectivity index (χ0v) is 16.0. The van der Waals surface area contributed by atoms with Crippen molar-refractivity contribution in [2.75, 3.05) is 0 Å². The summed E-state index contributed by atoms with van der Waals surface area (Å²) < 4.78 is 5.14. The second-order valence-electron chi connectivity index (χ2n) is 7.64. The summed E-state index contributed by atoms with van der Waals surface area (Å²) in [5.74, 6) is -1.72. The molecule has 7 heteroatoms. The van der Waals surface area contributed by atoms with E-state index in [1.807, 2.05) is 30.3 Å². The minimum atomic E-state index is -1.32. The first-order valence-corrected chi connectivity index (χ1v) is 8.49. The Balaban J connectivity index is 2.67. The van der Waals surface area contributed by atoms with Crippen molar-refractivity contribution in [3.05, 3.63) is 35.9 Å². The number of carboxylic acid groups (broad SMARTS) is 1. The van der Waals surface area contributed by atoms with Gasteiger partial charge in [0.2, 0.25) is 5.91 Å². The summed E-state index contributed by atoms with van der Waals surface area (Å²) in [6.07, 6.45) is 0.0137. The maximum absolute atomic E-state index is 12.4. The molecule has 1 aromatic carbocycles. The van der Waals surface area contributed by atoms with Gasteiger partial charge in [-0.2, -0.15) is 0 Å². The molecule has 7 nitrogen and oxygen atoms in total. The summed E-state index contributed by atoms with van der Waals surface area (Å²) in [6.45, 7) is 8.11. The highest BCUT2D eigenvalue weighted by atomic mass is 16.6. The Morgan fingerprint density at radius 1 is 1.08 bits per heavy atom. The predicted molar refractivity (Wildman–Crippen MR) is 97.8 cm³/mol. The molecule has 0 spiro atoms. The standard InChI is InChI=1S/C19H28N2O5/c1-18(2,3)26-17(25)21-19(4,5)16(24)20-14(15(22)23)12-11-13-9-7-6-8-10-13/h6-10,14H,11-12H2,1-5H3,(H,20,24)(H,21,25)(H,22,23). The number of aryl methyl sites for hydroxylation is 1. The van der Waals surface area contributed by atoms with E-state index in [9.17, 15) is 19.5 Å². The van der Waals surface area contributed by atoms with E-state index < -0.39 is 35.2 Å². The number of carbonyl (C=O) groups is 3. The lowest BCUT2D eigenvalue weighted by Crippen LogP contribution is -2.58. The van der Waals surface area contributed by atoms with Gasteiger partial charge < -0.3 is 20.5 Å². The Bertz CT molecular complexity index is 635. The van der Waals surface area contributed by atoms with E-state index >= 15 is 0 Å². The lowest BCUT2D eigenvalue weighted by atomic mass is 10.0. The first-order valence-electron chi connectivity index (χ1n) is 8.49. The topological polar surface area (TPSA) is 105 Å². The molecule has 0 bridgehead atoms. The van der Waals surface area contributed by atoms with Crippen molar-refractivity contribution in [2.24, 2.45) is 0 Å². The molecule has 0 saturated carbocycles. The van der Waals surface area contributed by atoms with Gasteiger partial charge in [-0.1, -0.05) is 30.3 Å². The van der Waals surface area contributed by atoms with E-state index in [2.05, 4.69) is 10.6 Å². The van der Waals surface area contributed by atoms with Crippen LogP contribution in [0.5, 0.6) is 0 Å². The van der Waals surface area contributed by atoms with E-state index in [4.69, 9.17) is 4.74 Å². The SMILES string of the molecule is CC(C)(C)OC(=O)NC(C)(C)C(=O)NC(CCc1ccccc1)C(=O)O. The molecule has 3 N–H and O–H groups in total. The number of ether oxygens (including phenoxy) is 1. The quantitative estimate of drug-likeness (QED) is 0.689. The van der Waals surface area contributed by atoms with Crippen molar-refractivity contribution >= 4 is 18.0 Å². The third-order valence-corrected chi connectivity index (χ3v) is 3.55. The van der Waals surface area contributed by atoms with Gasteiger partial charge in [-0.25, -0.2) is 9.59 Å². The van der Waals surface area contributed by atoms with E-state index in [0.29, 0.717) is 6.42 Å². The first-order chi connectivity index (χ1) is 11.9. The number of rotatable bonds is 7. The Labute approximate surface area is 154 Å². The Hall–Kier alpha value is -2.57. The maximum atomic E-state index is 12.4. The van der Waals surface area contributed by atoms with Gasteiger partial charge in [0.05, 0.1) is 0 Å². The molecule has 2 amide bonds. The molecular formula is C19H28N2O5. The van der Waals surface area contributed by atoms with Crippen LogP contribution in [0, 0.1) is 0 Å². The normalized spacial score (nSPS) is 12.8. The number of alkyl carbamates (subject to hydrolysis) is 1. The zero-order valence-electron chi connectivity index (χ0n) is 16.0. The van der Waals surface area contributed by atoms with Crippen LogP contribution in [0.3, 0.4) is 0 Å². The predicted octanol–water partition coefficient (Wildman–Crippen LogP) is 2.49. The van der Waals surface area contributed by atoms with Gasteiger partial charge in [0.15, 0.2) is 0 Å². The lowest BCUT2D eigenvalue weighted by Gasteiger charge is -2.29. The summed E-state index contributed by atoms with van der Waals surface area (Å²) in [7, 11) is 0. The van der Waals surface area contributed by atoms with Crippen LogP contribution in [-0.2, 0) is 20.7 Å². The number of amides is 2. The van der Waals surface area contributed by atoms with Crippen LogP contribution in [0.15, 0.2) is 30.3 Å². The van der Waals surface area contributed by atoms with Crippen molar-refractivity contribution in [3.63, 3.8) is 0 Å². The van der Waals surface area contributed by atoms with Gasteiger partial charge in [-0.3, -0.25) is 4.79 Å². The fraction of sp³-hybridized carbons (Fsp3) is 0.526. The first kappa shape index (κ1) is 21.5. The van der Waals surface area contributed by atoms with Crippen molar-refractivity contribution in [1.29, 1.82) is 0 Å². The second-order valence-corrected chi connectivity index (χ2v) is 7.64. The van der Waals surface area contributed by atoms with E-state index in [1.165, 1.54) is 13.8 Å². The van der Waals surface area contributed by atoms with Gasteiger partial charge in [-0.15, -0.1) is 0 Å². The minimum Gasteiger partial charge on any atom is -0.480 e. The van der Waals surface area contributed by atoms with Gasteiger partial charge in [-0.05, 0) is 53.0 Å². The van der Waals surface area contributed by atoms with Gasteiger partial charge in [0.25, 0.3) is 0 Å². The summed E-state index contributed by atoms with van der Waals surface area (Å²) in [5.41, 5.74) is -1.03. The molecule has 26 heavy (non-hydrogen) atoms. The largest absolute Gasteiger partial charge is 0.480 e. The molecule has 0 saturated heterocycles. The fourth-order valence-corrected chi connectivity index (χ4v) is 2.17. The third kappa shape index (κ3) is 7.55. The van der Waals surface area contributed by atoms with Crippen LogP contribution in [-0.4, -0.2) is 40.3 Å².